The van der Waals surface area contributed by atoms with Crippen molar-refractivity contribution in [1.29, 1.82) is 0 Å². The van der Waals surface area contributed by atoms with Crippen LogP contribution in [0.4, 0.5) is 0 Å². The highest BCUT2D eigenvalue weighted by Gasteiger charge is 2.06. The van der Waals surface area contributed by atoms with Gasteiger partial charge in [-0.3, -0.25) is 4.79 Å². The molecule has 96 valence electrons. The van der Waals surface area contributed by atoms with Crippen molar-refractivity contribution < 1.29 is 4.79 Å². The molecular formula is C11H10N6OS. The topological polar surface area (TPSA) is 85.6 Å². The number of para-hydroxylation sites is 1. The summed E-state index contributed by atoms with van der Waals surface area (Å²) in [4.78, 5) is 16.1. The predicted molar refractivity (Wildman–Crippen MR) is 69.3 cm³/mol. The third-order valence-corrected chi connectivity index (χ3v) is 3.51. The number of hydrogen-bond acceptors (Lipinski definition) is 6. The highest BCUT2D eigenvalue weighted by Crippen LogP contribution is 2.21. The van der Waals surface area contributed by atoms with E-state index in [1.165, 1.54) is 11.0 Å². The first kappa shape index (κ1) is 11.7. The van der Waals surface area contributed by atoms with Crippen molar-refractivity contribution in [1.82, 2.24) is 30.5 Å². The van der Waals surface area contributed by atoms with Gasteiger partial charge in [0.2, 0.25) is 5.91 Å². The number of hydrogen-bond donors (Lipinski definition) is 1. The molecule has 1 N–H and O–H groups in total. The molecule has 0 unspecified atom stereocenters. The molecule has 1 aromatic carbocycles. The summed E-state index contributed by atoms with van der Waals surface area (Å²) < 4.78 is 2.49. The largest absolute Gasteiger partial charge is 0.348 e. The molecule has 3 rings (SSSR count). The smallest absolute Gasteiger partial charge is 0.242 e. The maximum absolute atomic E-state index is 11.6. The van der Waals surface area contributed by atoms with Crippen LogP contribution in [0.3, 0.4) is 0 Å². The zero-order valence-corrected chi connectivity index (χ0v) is 10.7. The van der Waals surface area contributed by atoms with E-state index in [1.54, 1.807) is 11.3 Å². The summed E-state index contributed by atoms with van der Waals surface area (Å²) >= 11 is 1.57. The van der Waals surface area contributed by atoms with E-state index in [1.807, 2.05) is 24.3 Å². The molecule has 0 radical (unpaired) electrons. The summed E-state index contributed by atoms with van der Waals surface area (Å²) in [5, 5.41) is 14.2. The Hall–Kier alpha value is -2.35. The lowest BCUT2D eigenvalue weighted by Gasteiger charge is -2.01. The number of nitrogens with one attached hydrogen (secondary N) is 1. The molecule has 8 heteroatoms. The Labute approximate surface area is 112 Å². The summed E-state index contributed by atoms with van der Waals surface area (Å²) in [5.74, 6) is -0.147. The number of tetrazole rings is 1. The molecule has 1 amide bonds. The van der Waals surface area contributed by atoms with E-state index >= 15 is 0 Å². The van der Waals surface area contributed by atoms with Crippen LogP contribution in [0.5, 0.6) is 0 Å². The molecule has 19 heavy (non-hydrogen) atoms. The first-order valence-electron chi connectivity index (χ1n) is 5.63. The minimum atomic E-state index is -0.147. The van der Waals surface area contributed by atoms with Gasteiger partial charge in [0.1, 0.15) is 17.9 Å². The van der Waals surface area contributed by atoms with Gasteiger partial charge in [-0.2, -0.15) is 0 Å². The fraction of sp³-hybridized carbons (Fsp3) is 0.182. The van der Waals surface area contributed by atoms with Crippen LogP contribution in [-0.4, -0.2) is 31.1 Å². The van der Waals surface area contributed by atoms with Gasteiger partial charge in [0.15, 0.2) is 0 Å². The molecule has 0 atom stereocenters. The number of carbonyl (C=O) groups excluding carboxylic acids is 1. The Morgan fingerprint density at radius 3 is 3.05 bits per heavy atom. The van der Waals surface area contributed by atoms with Gasteiger partial charge in [-0.25, -0.2) is 9.67 Å². The molecule has 0 aliphatic carbocycles. The third-order valence-electron chi connectivity index (χ3n) is 2.47. The first-order chi connectivity index (χ1) is 9.31. The van der Waals surface area contributed by atoms with Crippen molar-refractivity contribution in [2.75, 3.05) is 0 Å². The molecule has 7 nitrogen and oxygen atoms in total. The lowest BCUT2D eigenvalue weighted by atomic mass is 10.3. The van der Waals surface area contributed by atoms with E-state index in [-0.39, 0.29) is 12.5 Å². The fourth-order valence-corrected chi connectivity index (χ4v) is 2.53. The number of aromatic nitrogens is 5. The van der Waals surface area contributed by atoms with Crippen LogP contribution < -0.4 is 5.32 Å². The maximum Gasteiger partial charge on any atom is 0.242 e. The number of nitrogens with zero attached hydrogens (tertiary/aromatic N) is 5. The van der Waals surface area contributed by atoms with Gasteiger partial charge >= 0.3 is 0 Å². The van der Waals surface area contributed by atoms with Crippen LogP contribution in [0.25, 0.3) is 10.2 Å². The molecule has 0 saturated carbocycles. The quantitative estimate of drug-likeness (QED) is 0.753. The number of benzene rings is 1. The summed E-state index contributed by atoms with van der Waals surface area (Å²) in [7, 11) is 0. The zero-order chi connectivity index (χ0) is 13.1. The Balaban J connectivity index is 1.61. The lowest BCUT2D eigenvalue weighted by molar-refractivity contribution is -0.122. The molecule has 0 spiro atoms. The van der Waals surface area contributed by atoms with E-state index in [0.29, 0.717) is 6.54 Å². The van der Waals surface area contributed by atoms with Crippen LogP contribution in [0.15, 0.2) is 30.6 Å². The standard InChI is InChI=1S/C11H10N6OS/c18-10(6-17-7-13-15-16-17)12-5-11-14-8-3-1-2-4-9(8)19-11/h1-4,7H,5-6H2,(H,12,18). The lowest BCUT2D eigenvalue weighted by Crippen LogP contribution is -2.27. The van der Waals surface area contributed by atoms with Gasteiger partial charge < -0.3 is 5.32 Å². The average molecular weight is 274 g/mol. The Bertz CT molecular complexity index is 659. The molecule has 0 fully saturated rings. The molecule has 2 heterocycles. The number of rotatable bonds is 4. The Kier molecular flexibility index (Phi) is 3.15. The molecule has 0 aliphatic heterocycles. The fourth-order valence-electron chi connectivity index (χ4n) is 1.63. The van der Waals surface area contributed by atoms with Gasteiger partial charge in [0, 0.05) is 0 Å². The normalized spacial score (nSPS) is 10.7. The van der Waals surface area contributed by atoms with Crippen molar-refractivity contribution >= 4 is 27.5 Å². The molecule has 2 aromatic heterocycles. The third kappa shape index (κ3) is 2.74. The number of thiazole rings is 1. The monoisotopic (exact) mass is 274 g/mol. The number of fused-ring (bicyclic) bond motifs is 1. The average Bonchev–Trinajstić information content (AvgIpc) is 3.04. The Morgan fingerprint density at radius 1 is 1.37 bits per heavy atom. The van der Waals surface area contributed by atoms with E-state index < -0.39 is 0 Å². The SMILES string of the molecule is O=C(Cn1cnnn1)NCc1nc2ccccc2s1. The van der Waals surface area contributed by atoms with Gasteiger partial charge in [0.05, 0.1) is 16.8 Å². The van der Waals surface area contributed by atoms with Crippen molar-refractivity contribution in [2.45, 2.75) is 13.1 Å². The molecular weight excluding hydrogens is 264 g/mol. The highest BCUT2D eigenvalue weighted by atomic mass is 32.1. The number of carbonyl (C=O) groups is 1. The number of amides is 1. The van der Waals surface area contributed by atoms with E-state index in [9.17, 15) is 4.79 Å². The van der Waals surface area contributed by atoms with Gasteiger partial charge in [-0.15, -0.1) is 16.4 Å². The van der Waals surface area contributed by atoms with Crippen molar-refractivity contribution in [3.8, 4) is 0 Å². The van der Waals surface area contributed by atoms with Crippen molar-refractivity contribution in [2.24, 2.45) is 0 Å². The van der Waals surface area contributed by atoms with Gasteiger partial charge in [-0.05, 0) is 22.6 Å². The molecule has 0 aliphatic rings. The van der Waals surface area contributed by atoms with Crippen LogP contribution >= 0.6 is 11.3 Å². The van der Waals surface area contributed by atoms with E-state index in [0.717, 1.165) is 15.2 Å². The summed E-state index contributed by atoms with van der Waals surface area (Å²) in [6.07, 6.45) is 1.40. The summed E-state index contributed by atoms with van der Waals surface area (Å²) in [6.45, 7) is 0.526. The highest BCUT2D eigenvalue weighted by molar-refractivity contribution is 7.18. The predicted octanol–water partition coefficient (Wildman–Crippen LogP) is 0.599. The van der Waals surface area contributed by atoms with E-state index in [2.05, 4.69) is 25.8 Å². The van der Waals surface area contributed by atoms with Crippen LogP contribution in [0, 0.1) is 0 Å². The molecule has 3 aromatic rings. The summed E-state index contributed by atoms with van der Waals surface area (Å²) in [6, 6.07) is 7.89. The molecule has 0 bridgehead atoms. The molecule has 0 saturated heterocycles. The van der Waals surface area contributed by atoms with Crippen LogP contribution in [-0.2, 0) is 17.9 Å². The first-order valence-corrected chi connectivity index (χ1v) is 6.45. The minimum absolute atomic E-state index is 0.109. The second-order valence-corrected chi connectivity index (χ2v) is 4.97. The second-order valence-electron chi connectivity index (χ2n) is 3.86. The van der Waals surface area contributed by atoms with Gasteiger partial charge in [0.25, 0.3) is 0 Å². The zero-order valence-electron chi connectivity index (χ0n) is 9.85. The van der Waals surface area contributed by atoms with Crippen molar-refractivity contribution in [3.63, 3.8) is 0 Å². The van der Waals surface area contributed by atoms with E-state index in [4.69, 9.17) is 0 Å². The van der Waals surface area contributed by atoms with Gasteiger partial charge in [-0.1, -0.05) is 12.1 Å². The van der Waals surface area contributed by atoms with Crippen LogP contribution in [0.1, 0.15) is 5.01 Å². The van der Waals surface area contributed by atoms with Crippen molar-refractivity contribution in [3.05, 3.63) is 35.6 Å². The van der Waals surface area contributed by atoms with Crippen LogP contribution in [0.2, 0.25) is 0 Å². The second kappa shape index (κ2) is 5.11. The summed E-state index contributed by atoms with van der Waals surface area (Å²) in [5.41, 5.74) is 0.956. The maximum atomic E-state index is 11.6. The minimum Gasteiger partial charge on any atom is -0.348 e. The Morgan fingerprint density at radius 2 is 2.26 bits per heavy atom.